The fraction of sp³-hybridized carbons (Fsp3) is 0.333. The fourth-order valence-electron chi connectivity index (χ4n) is 1.93. The van der Waals surface area contributed by atoms with E-state index < -0.39 is 0 Å². The topological polar surface area (TPSA) is 42.0 Å². The predicted octanol–water partition coefficient (Wildman–Crippen LogP) is 2.77. The van der Waals surface area contributed by atoms with Crippen molar-refractivity contribution in [2.24, 2.45) is 5.92 Å². The lowest BCUT2D eigenvalue weighted by molar-refractivity contribution is -0.123. The average molecular weight is 277 g/mol. The number of para-hydroxylation sites is 1. The molecule has 2 aromatic rings. The highest BCUT2D eigenvalue weighted by atomic mass is 35.5. The second kappa shape index (κ2) is 6.53. The molecule has 0 aliphatic heterocycles. The zero-order valence-corrected chi connectivity index (χ0v) is 11.7. The molecule has 0 saturated heterocycles. The van der Waals surface area contributed by atoms with Crippen LogP contribution in [-0.2, 0) is 11.2 Å². The van der Waals surface area contributed by atoms with Gasteiger partial charge in [0.25, 0.3) is 0 Å². The molecule has 1 unspecified atom stereocenters. The number of benzene rings is 1. The summed E-state index contributed by atoms with van der Waals surface area (Å²) in [6, 6.07) is 10.1. The number of amides is 1. The smallest absolute Gasteiger partial charge is 0.224 e. The maximum Gasteiger partial charge on any atom is 0.224 e. The third-order valence-corrected chi connectivity index (χ3v) is 3.55. The van der Waals surface area contributed by atoms with Crippen molar-refractivity contribution in [1.29, 1.82) is 0 Å². The molecular weight excluding hydrogens is 260 g/mol. The van der Waals surface area contributed by atoms with E-state index in [1.54, 1.807) is 6.20 Å². The molecule has 0 bridgehead atoms. The number of hydrogen-bond acceptors (Lipinski definition) is 2. The van der Waals surface area contributed by atoms with Gasteiger partial charge in [0, 0.05) is 29.9 Å². The summed E-state index contributed by atoms with van der Waals surface area (Å²) in [6.45, 7) is 2.43. The number of nitrogens with one attached hydrogen (secondary N) is 1. The molecular formula is C15H17ClN2O. The zero-order chi connectivity index (χ0) is 13.7. The first-order valence-corrected chi connectivity index (χ1v) is 6.92. The highest BCUT2D eigenvalue weighted by Crippen LogP contribution is 2.15. The third kappa shape index (κ3) is 3.44. The number of fused-ring (bicyclic) bond motifs is 1. The van der Waals surface area contributed by atoms with Gasteiger partial charge in [0.2, 0.25) is 5.91 Å². The van der Waals surface area contributed by atoms with E-state index in [9.17, 15) is 4.79 Å². The number of carbonyl (C=O) groups is 1. The Hall–Kier alpha value is -1.61. The molecule has 1 aromatic heterocycles. The van der Waals surface area contributed by atoms with Gasteiger partial charge < -0.3 is 5.32 Å². The maximum atomic E-state index is 11.6. The van der Waals surface area contributed by atoms with E-state index in [2.05, 4.69) is 10.3 Å². The normalized spacial score (nSPS) is 12.3. The first-order chi connectivity index (χ1) is 9.22. The van der Waals surface area contributed by atoms with Gasteiger partial charge in [0.05, 0.1) is 5.52 Å². The lowest BCUT2D eigenvalue weighted by atomic mass is 10.1. The van der Waals surface area contributed by atoms with Gasteiger partial charge >= 0.3 is 0 Å². The second-order valence-electron chi connectivity index (χ2n) is 4.59. The van der Waals surface area contributed by atoms with Gasteiger partial charge in [-0.25, -0.2) is 0 Å². The van der Waals surface area contributed by atoms with Crippen LogP contribution < -0.4 is 5.32 Å². The maximum absolute atomic E-state index is 11.6. The van der Waals surface area contributed by atoms with Gasteiger partial charge in [0.1, 0.15) is 0 Å². The van der Waals surface area contributed by atoms with E-state index in [1.165, 1.54) is 0 Å². The minimum absolute atomic E-state index is 0.00296. The van der Waals surface area contributed by atoms with E-state index in [1.807, 2.05) is 37.3 Å². The minimum Gasteiger partial charge on any atom is -0.356 e. The van der Waals surface area contributed by atoms with Gasteiger partial charge in [-0.15, -0.1) is 11.6 Å². The molecule has 0 aliphatic carbocycles. The Morgan fingerprint density at radius 3 is 2.95 bits per heavy atom. The Kier molecular flexibility index (Phi) is 4.74. The number of alkyl halides is 1. The SMILES string of the molecule is CC(CCl)C(=O)NCCc1cccc2cccnc12. The molecule has 1 amide bonds. The molecule has 0 saturated carbocycles. The van der Waals surface area contributed by atoms with Crippen LogP contribution in [0.1, 0.15) is 12.5 Å². The molecule has 0 radical (unpaired) electrons. The van der Waals surface area contributed by atoms with Gasteiger partial charge in [-0.1, -0.05) is 31.2 Å². The van der Waals surface area contributed by atoms with Crippen LogP contribution >= 0.6 is 11.6 Å². The number of nitrogens with zero attached hydrogens (tertiary/aromatic N) is 1. The summed E-state index contributed by atoms with van der Waals surface area (Å²) in [4.78, 5) is 16.0. The summed E-state index contributed by atoms with van der Waals surface area (Å²) >= 11 is 5.65. The van der Waals surface area contributed by atoms with Crippen LogP contribution in [0, 0.1) is 5.92 Å². The number of rotatable bonds is 5. The summed E-state index contributed by atoms with van der Waals surface area (Å²) in [7, 11) is 0. The number of halogens is 1. The van der Waals surface area contributed by atoms with Crippen LogP contribution in [0.2, 0.25) is 0 Å². The highest BCUT2D eigenvalue weighted by Gasteiger charge is 2.10. The zero-order valence-electron chi connectivity index (χ0n) is 10.9. The fourth-order valence-corrected chi connectivity index (χ4v) is 2.07. The Bertz CT molecular complexity index is 566. The van der Waals surface area contributed by atoms with Crippen LogP contribution in [0.3, 0.4) is 0 Å². The molecule has 0 spiro atoms. The molecule has 3 nitrogen and oxygen atoms in total. The molecule has 1 atom stereocenters. The summed E-state index contributed by atoms with van der Waals surface area (Å²) in [6.07, 6.45) is 2.56. The first-order valence-electron chi connectivity index (χ1n) is 6.38. The average Bonchev–Trinajstić information content (AvgIpc) is 2.46. The standard InChI is InChI=1S/C15H17ClN2O/c1-11(10-16)15(19)18-9-7-13-5-2-4-12-6-3-8-17-14(12)13/h2-6,8,11H,7,9-10H2,1H3,(H,18,19). The van der Waals surface area contributed by atoms with Gasteiger partial charge in [-0.3, -0.25) is 9.78 Å². The largest absolute Gasteiger partial charge is 0.356 e. The van der Waals surface area contributed by atoms with Crippen LogP contribution in [0.25, 0.3) is 10.9 Å². The van der Waals surface area contributed by atoms with Crippen molar-refractivity contribution in [2.45, 2.75) is 13.3 Å². The van der Waals surface area contributed by atoms with E-state index in [4.69, 9.17) is 11.6 Å². The van der Waals surface area contributed by atoms with Crippen LogP contribution in [-0.4, -0.2) is 23.3 Å². The Labute approximate surface area is 118 Å². The number of hydrogen-bond donors (Lipinski definition) is 1. The van der Waals surface area contributed by atoms with Crippen LogP contribution in [0.4, 0.5) is 0 Å². The number of aromatic nitrogens is 1. The molecule has 0 aliphatic rings. The molecule has 1 aromatic carbocycles. The lowest BCUT2D eigenvalue weighted by Gasteiger charge is -2.10. The minimum atomic E-state index is -0.146. The lowest BCUT2D eigenvalue weighted by Crippen LogP contribution is -2.31. The highest BCUT2D eigenvalue weighted by molar-refractivity contribution is 6.19. The molecule has 0 fully saturated rings. The molecule has 19 heavy (non-hydrogen) atoms. The van der Waals surface area contributed by atoms with Crippen molar-refractivity contribution in [2.75, 3.05) is 12.4 Å². The Morgan fingerprint density at radius 2 is 2.16 bits per heavy atom. The monoisotopic (exact) mass is 276 g/mol. The number of carbonyl (C=O) groups excluding carboxylic acids is 1. The molecule has 1 N–H and O–H groups in total. The van der Waals surface area contributed by atoms with Gasteiger partial charge in [0.15, 0.2) is 0 Å². The Balaban J connectivity index is 2.01. The van der Waals surface area contributed by atoms with E-state index in [0.29, 0.717) is 12.4 Å². The predicted molar refractivity (Wildman–Crippen MR) is 78.3 cm³/mol. The van der Waals surface area contributed by atoms with E-state index in [-0.39, 0.29) is 11.8 Å². The first kappa shape index (κ1) is 13.8. The summed E-state index contributed by atoms with van der Waals surface area (Å²) in [5, 5.41) is 4.02. The second-order valence-corrected chi connectivity index (χ2v) is 4.90. The number of pyridine rings is 1. The van der Waals surface area contributed by atoms with Crippen molar-refractivity contribution in [1.82, 2.24) is 10.3 Å². The van der Waals surface area contributed by atoms with Crippen molar-refractivity contribution >= 4 is 28.4 Å². The van der Waals surface area contributed by atoms with Crippen molar-refractivity contribution in [3.05, 3.63) is 42.1 Å². The molecule has 2 rings (SSSR count). The molecule has 4 heteroatoms. The summed E-state index contributed by atoms with van der Waals surface area (Å²) in [5.74, 6) is 0.206. The van der Waals surface area contributed by atoms with Crippen LogP contribution in [0.15, 0.2) is 36.5 Å². The van der Waals surface area contributed by atoms with Gasteiger partial charge in [-0.2, -0.15) is 0 Å². The summed E-state index contributed by atoms with van der Waals surface area (Å²) < 4.78 is 0. The van der Waals surface area contributed by atoms with E-state index in [0.717, 1.165) is 22.9 Å². The quantitative estimate of drug-likeness (QED) is 0.853. The van der Waals surface area contributed by atoms with Crippen molar-refractivity contribution in [3.63, 3.8) is 0 Å². The molecule has 1 heterocycles. The Morgan fingerprint density at radius 1 is 1.37 bits per heavy atom. The van der Waals surface area contributed by atoms with Gasteiger partial charge in [-0.05, 0) is 18.1 Å². The van der Waals surface area contributed by atoms with Crippen molar-refractivity contribution in [3.8, 4) is 0 Å². The van der Waals surface area contributed by atoms with E-state index >= 15 is 0 Å². The molecule has 100 valence electrons. The third-order valence-electron chi connectivity index (χ3n) is 3.09. The van der Waals surface area contributed by atoms with Crippen LogP contribution in [0.5, 0.6) is 0 Å². The summed E-state index contributed by atoms with van der Waals surface area (Å²) in [5.41, 5.74) is 2.15. The van der Waals surface area contributed by atoms with Crippen molar-refractivity contribution < 1.29 is 4.79 Å².